The molecule has 1 aromatic heterocycles. The van der Waals surface area contributed by atoms with Gasteiger partial charge in [-0.1, -0.05) is 36.8 Å². The molecule has 0 bridgehead atoms. The van der Waals surface area contributed by atoms with Crippen molar-refractivity contribution >= 4 is 6.03 Å². The van der Waals surface area contributed by atoms with Crippen molar-refractivity contribution in [2.24, 2.45) is 13.0 Å². The lowest BCUT2D eigenvalue weighted by atomic mass is 9.85. The first-order chi connectivity index (χ1) is 11.6. The zero-order valence-electron chi connectivity index (χ0n) is 14.5. The first-order valence-corrected chi connectivity index (χ1v) is 8.67. The Labute approximate surface area is 143 Å². The quantitative estimate of drug-likeness (QED) is 0.886. The molecule has 0 radical (unpaired) electrons. The molecule has 1 aliphatic carbocycles. The predicted molar refractivity (Wildman–Crippen MR) is 94.4 cm³/mol. The zero-order valence-corrected chi connectivity index (χ0v) is 14.5. The SMILES string of the molecule is Cc1c(CNC(=O)N(Cc2ccccc2)CC2CCC2)cnn1C. The smallest absolute Gasteiger partial charge is 0.317 e. The predicted octanol–water partition coefficient (Wildman–Crippen LogP) is 3.24. The minimum Gasteiger partial charge on any atom is -0.334 e. The maximum absolute atomic E-state index is 12.7. The van der Waals surface area contributed by atoms with Crippen LogP contribution >= 0.6 is 0 Å². The minimum atomic E-state index is 0.00834. The number of nitrogens with zero attached hydrogens (tertiary/aromatic N) is 3. The van der Waals surface area contributed by atoms with Crippen molar-refractivity contribution in [2.45, 2.75) is 39.3 Å². The van der Waals surface area contributed by atoms with Gasteiger partial charge in [-0.05, 0) is 31.2 Å². The van der Waals surface area contributed by atoms with E-state index < -0.39 is 0 Å². The van der Waals surface area contributed by atoms with Crippen molar-refractivity contribution in [1.29, 1.82) is 0 Å². The van der Waals surface area contributed by atoms with Crippen molar-refractivity contribution in [2.75, 3.05) is 6.54 Å². The first-order valence-electron chi connectivity index (χ1n) is 8.67. The number of carbonyl (C=O) groups is 1. The Morgan fingerprint density at radius 2 is 2.08 bits per heavy atom. The molecule has 24 heavy (non-hydrogen) atoms. The Morgan fingerprint density at radius 3 is 2.67 bits per heavy atom. The van der Waals surface area contributed by atoms with Crippen molar-refractivity contribution in [1.82, 2.24) is 20.0 Å². The molecule has 0 saturated heterocycles. The van der Waals surface area contributed by atoms with Crippen molar-refractivity contribution in [3.63, 3.8) is 0 Å². The number of carbonyl (C=O) groups excluding carboxylic acids is 1. The van der Waals surface area contributed by atoms with Gasteiger partial charge in [-0.2, -0.15) is 5.10 Å². The van der Waals surface area contributed by atoms with E-state index in [1.165, 1.54) is 24.8 Å². The normalized spacial score (nSPS) is 14.2. The van der Waals surface area contributed by atoms with Gasteiger partial charge in [0, 0.05) is 37.9 Å². The summed E-state index contributed by atoms with van der Waals surface area (Å²) in [7, 11) is 1.92. The highest BCUT2D eigenvalue weighted by molar-refractivity contribution is 5.74. The summed E-state index contributed by atoms with van der Waals surface area (Å²) in [5.74, 6) is 0.652. The summed E-state index contributed by atoms with van der Waals surface area (Å²) >= 11 is 0. The van der Waals surface area contributed by atoms with Crippen LogP contribution in [0, 0.1) is 12.8 Å². The number of benzene rings is 1. The lowest BCUT2D eigenvalue weighted by Crippen LogP contribution is -2.43. The van der Waals surface area contributed by atoms with Gasteiger partial charge in [-0.15, -0.1) is 0 Å². The lowest BCUT2D eigenvalue weighted by Gasteiger charge is -2.32. The second-order valence-corrected chi connectivity index (χ2v) is 6.70. The molecular weight excluding hydrogens is 300 g/mol. The van der Waals surface area contributed by atoms with E-state index in [1.807, 2.05) is 47.9 Å². The molecule has 0 spiro atoms. The topological polar surface area (TPSA) is 50.2 Å². The van der Waals surface area contributed by atoms with Crippen LogP contribution in [0.2, 0.25) is 0 Å². The van der Waals surface area contributed by atoms with Crippen LogP contribution in [0.4, 0.5) is 4.79 Å². The summed E-state index contributed by atoms with van der Waals surface area (Å²) in [5, 5.41) is 7.29. The third-order valence-electron chi connectivity index (χ3n) is 4.97. The average molecular weight is 326 g/mol. The van der Waals surface area contributed by atoms with Crippen LogP contribution in [0.3, 0.4) is 0 Å². The van der Waals surface area contributed by atoms with E-state index in [0.717, 1.165) is 17.8 Å². The van der Waals surface area contributed by atoms with Crippen LogP contribution in [0.25, 0.3) is 0 Å². The summed E-state index contributed by atoms with van der Waals surface area (Å²) in [6.07, 6.45) is 5.59. The number of hydrogen-bond donors (Lipinski definition) is 1. The molecule has 2 amide bonds. The number of urea groups is 1. The average Bonchev–Trinajstić information content (AvgIpc) is 2.87. The van der Waals surface area contributed by atoms with E-state index in [4.69, 9.17) is 0 Å². The van der Waals surface area contributed by atoms with Gasteiger partial charge in [0.1, 0.15) is 0 Å². The molecule has 1 N–H and O–H groups in total. The fourth-order valence-electron chi connectivity index (χ4n) is 3.01. The van der Waals surface area contributed by atoms with Gasteiger partial charge in [-0.25, -0.2) is 4.79 Å². The highest BCUT2D eigenvalue weighted by Gasteiger charge is 2.23. The molecule has 128 valence electrons. The Kier molecular flexibility index (Phi) is 5.18. The van der Waals surface area contributed by atoms with Crippen LogP contribution in [-0.2, 0) is 20.1 Å². The first kappa shape index (κ1) is 16.6. The highest BCUT2D eigenvalue weighted by atomic mass is 16.2. The summed E-state index contributed by atoms with van der Waals surface area (Å²) in [6.45, 7) is 4.04. The van der Waals surface area contributed by atoms with Gasteiger partial charge in [0.15, 0.2) is 0 Å². The Hall–Kier alpha value is -2.30. The van der Waals surface area contributed by atoms with Gasteiger partial charge >= 0.3 is 6.03 Å². The second kappa shape index (κ2) is 7.51. The fourth-order valence-corrected chi connectivity index (χ4v) is 3.01. The summed E-state index contributed by atoms with van der Waals surface area (Å²) in [6, 6.07) is 10.2. The number of aryl methyl sites for hydroxylation is 1. The summed E-state index contributed by atoms with van der Waals surface area (Å²) in [5.41, 5.74) is 3.32. The Morgan fingerprint density at radius 1 is 1.33 bits per heavy atom. The number of amides is 2. The molecular formula is C19H26N4O. The largest absolute Gasteiger partial charge is 0.334 e. The van der Waals surface area contributed by atoms with E-state index in [-0.39, 0.29) is 6.03 Å². The third kappa shape index (κ3) is 3.96. The van der Waals surface area contributed by atoms with Crippen LogP contribution in [0.1, 0.15) is 36.1 Å². The number of rotatable bonds is 6. The molecule has 1 saturated carbocycles. The van der Waals surface area contributed by atoms with Crippen LogP contribution < -0.4 is 5.32 Å². The van der Waals surface area contributed by atoms with Gasteiger partial charge in [0.25, 0.3) is 0 Å². The van der Waals surface area contributed by atoms with Crippen LogP contribution in [0.5, 0.6) is 0 Å². The van der Waals surface area contributed by atoms with Gasteiger partial charge in [-0.3, -0.25) is 4.68 Å². The van der Waals surface area contributed by atoms with Crippen molar-refractivity contribution in [3.8, 4) is 0 Å². The zero-order chi connectivity index (χ0) is 16.9. The molecule has 1 aromatic carbocycles. The molecule has 5 heteroatoms. The minimum absolute atomic E-state index is 0.00834. The standard InChI is InChI=1S/C19H26N4O/c1-15-18(12-21-22(15)2)11-20-19(24)23(14-17-9-6-10-17)13-16-7-4-3-5-8-16/h3-5,7-8,12,17H,6,9-11,13-14H2,1-2H3,(H,20,24). The van der Waals surface area contributed by atoms with E-state index >= 15 is 0 Å². The Balaban J connectivity index is 1.62. The van der Waals surface area contributed by atoms with E-state index in [9.17, 15) is 4.79 Å². The van der Waals surface area contributed by atoms with Crippen LogP contribution in [0.15, 0.2) is 36.5 Å². The van der Waals surface area contributed by atoms with Gasteiger partial charge < -0.3 is 10.2 Å². The van der Waals surface area contributed by atoms with Crippen molar-refractivity contribution in [3.05, 3.63) is 53.3 Å². The molecule has 5 nitrogen and oxygen atoms in total. The fraction of sp³-hybridized carbons (Fsp3) is 0.474. The molecule has 1 aliphatic rings. The van der Waals surface area contributed by atoms with E-state index in [2.05, 4.69) is 22.5 Å². The maximum atomic E-state index is 12.7. The lowest BCUT2D eigenvalue weighted by molar-refractivity contribution is 0.164. The van der Waals surface area contributed by atoms with Crippen LogP contribution in [-0.4, -0.2) is 27.3 Å². The molecule has 3 rings (SSSR count). The molecule has 1 fully saturated rings. The highest BCUT2D eigenvalue weighted by Crippen LogP contribution is 2.27. The molecule has 0 aliphatic heterocycles. The molecule has 1 heterocycles. The number of nitrogens with one attached hydrogen (secondary N) is 1. The van der Waals surface area contributed by atoms with Gasteiger partial charge in [0.2, 0.25) is 0 Å². The Bertz CT molecular complexity index is 676. The third-order valence-corrected chi connectivity index (χ3v) is 4.97. The van der Waals surface area contributed by atoms with Crippen molar-refractivity contribution < 1.29 is 4.79 Å². The monoisotopic (exact) mass is 326 g/mol. The van der Waals surface area contributed by atoms with E-state index in [1.54, 1.807) is 0 Å². The summed E-state index contributed by atoms with van der Waals surface area (Å²) in [4.78, 5) is 14.7. The summed E-state index contributed by atoms with van der Waals surface area (Å²) < 4.78 is 1.83. The number of aromatic nitrogens is 2. The molecule has 0 atom stereocenters. The van der Waals surface area contributed by atoms with E-state index in [0.29, 0.717) is 19.0 Å². The van der Waals surface area contributed by atoms with Gasteiger partial charge in [0.05, 0.1) is 6.20 Å². The second-order valence-electron chi connectivity index (χ2n) is 6.70. The number of hydrogen-bond acceptors (Lipinski definition) is 2. The molecule has 0 unspecified atom stereocenters. The molecule has 2 aromatic rings. The maximum Gasteiger partial charge on any atom is 0.317 e.